The number of aromatic nitrogens is 3. The van der Waals surface area contributed by atoms with E-state index < -0.39 is 0 Å². The summed E-state index contributed by atoms with van der Waals surface area (Å²) in [7, 11) is 0. The quantitative estimate of drug-likeness (QED) is 0.879. The van der Waals surface area contributed by atoms with Gasteiger partial charge in [0.25, 0.3) is 0 Å². The summed E-state index contributed by atoms with van der Waals surface area (Å²) < 4.78 is 0. The standard InChI is InChI=1S/C16H22N4OS/c1-2-13(15(21)20-10-5-3-4-6-11-20)22-16-18-12-8-7-9-17-14(12)19-16/h7-9,13H,2-6,10-11H2,1H3,(H,17,18,19)/t13-/m1/s1. The van der Waals surface area contributed by atoms with Crippen molar-refractivity contribution in [2.24, 2.45) is 0 Å². The van der Waals surface area contributed by atoms with E-state index in [1.54, 1.807) is 6.20 Å². The fraction of sp³-hybridized carbons (Fsp3) is 0.562. The smallest absolute Gasteiger partial charge is 0.236 e. The van der Waals surface area contributed by atoms with Gasteiger partial charge in [0.15, 0.2) is 10.8 Å². The lowest BCUT2D eigenvalue weighted by molar-refractivity contribution is -0.130. The van der Waals surface area contributed by atoms with Crippen LogP contribution >= 0.6 is 11.8 Å². The molecular weight excluding hydrogens is 296 g/mol. The van der Waals surface area contributed by atoms with Crippen LogP contribution in [0, 0.1) is 0 Å². The van der Waals surface area contributed by atoms with Crippen LogP contribution < -0.4 is 0 Å². The molecule has 22 heavy (non-hydrogen) atoms. The first-order chi connectivity index (χ1) is 10.8. The van der Waals surface area contributed by atoms with Crippen molar-refractivity contribution in [3.05, 3.63) is 18.3 Å². The summed E-state index contributed by atoms with van der Waals surface area (Å²) in [5.41, 5.74) is 1.63. The predicted octanol–water partition coefficient (Wildman–Crippen LogP) is 3.23. The zero-order chi connectivity index (χ0) is 15.4. The number of likely N-dealkylation sites (tertiary alicyclic amines) is 1. The first-order valence-electron chi connectivity index (χ1n) is 8.04. The number of nitrogens with one attached hydrogen (secondary N) is 1. The van der Waals surface area contributed by atoms with E-state index in [1.807, 2.05) is 17.0 Å². The zero-order valence-electron chi connectivity index (χ0n) is 12.9. The van der Waals surface area contributed by atoms with Crippen LogP contribution in [0.5, 0.6) is 0 Å². The van der Waals surface area contributed by atoms with Crippen LogP contribution in [0.4, 0.5) is 0 Å². The van der Waals surface area contributed by atoms with Crippen molar-refractivity contribution in [3.8, 4) is 0 Å². The highest BCUT2D eigenvalue weighted by atomic mass is 32.2. The third-order valence-corrected chi connectivity index (χ3v) is 5.29. The maximum Gasteiger partial charge on any atom is 0.236 e. The molecule has 1 atom stereocenters. The minimum atomic E-state index is -0.0707. The fourth-order valence-corrected chi connectivity index (χ4v) is 3.81. The number of imidazole rings is 1. The maximum absolute atomic E-state index is 12.7. The number of carbonyl (C=O) groups is 1. The van der Waals surface area contributed by atoms with E-state index in [9.17, 15) is 4.79 Å². The van der Waals surface area contributed by atoms with Crippen molar-refractivity contribution in [2.45, 2.75) is 49.4 Å². The second kappa shape index (κ2) is 7.13. The number of nitrogens with zero attached hydrogens (tertiary/aromatic N) is 3. The predicted molar refractivity (Wildman–Crippen MR) is 88.9 cm³/mol. The summed E-state index contributed by atoms with van der Waals surface area (Å²) in [5, 5.41) is 0.711. The molecule has 5 nitrogen and oxygen atoms in total. The Morgan fingerprint density at radius 2 is 2.14 bits per heavy atom. The highest BCUT2D eigenvalue weighted by Gasteiger charge is 2.25. The van der Waals surface area contributed by atoms with Crippen LogP contribution in [0.15, 0.2) is 23.5 Å². The summed E-state index contributed by atoms with van der Waals surface area (Å²) in [6.45, 7) is 3.86. The van der Waals surface area contributed by atoms with Gasteiger partial charge >= 0.3 is 0 Å². The summed E-state index contributed by atoms with van der Waals surface area (Å²) >= 11 is 1.53. The number of pyridine rings is 1. The summed E-state index contributed by atoms with van der Waals surface area (Å²) in [6, 6.07) is 3.84. The van der Waals surface area contributed by atoms with Gasteiger partial charge in [-0.3, -0.25) is 4.79 Å². The summed E-state index contributed by atoms with van der Waals surface area (Å²) in [4.78, 5) is 26.7. The summed E-state index contributed by atoms with van der Waals surface area (Å²) in [6.07, 6.45) is 7.27. The molecule has 2 aromatic heterocycles. The highest BCUT2D eigenvalue weighted by Crippen LogP contribution is 2.26. The van der Waals surface area contributed by atoms with E-state index in [0.717, 1.165) is 43.0 Å². The first-order valence-corrected chi connectivity index (χ1v) is 8.92. The number of thioether (sulfide) groups is 1. The van der Waals surface area contributed by atoms with Crippen molar-refractivity contribution in [1.29, 1.82) is 0 Å². The van der Waals surface area contributed by atoms with E-state index >= 15 is 0 Å². The van der Waals surface area contributed by atoms with Crippen LogP contribution in [0.3, 0.4) is 0 Å². The Morgan fingerprint density at radius 3 is 2.82 bits per heavy atom. The molecule has 1 saturated heterocycles. The average Bonchev–Trinajstić information content (AvgIpc) is 2.76. The molecule has 6 heteroatoms. The van der Waals surface area contributed by atoms with Crippen molar-refractivity contribution >= 4 is 28.8 Å². The molecule has 0 unspecified atom stereocenters. The third kappa shape index (κ3) is 3.43. The van der Waals surface area contributed by atoms with Gasteiger partial charge in [0.1, 0.15) is 0 Å². The number of rotatable bonds is 4. The number of aromatic amines is 1. The molecule has 1 N–H and O–H groups in total. The Balaban J connectivity index is 1.71. The SMILES string of the molecule is CC[C@@H](Sc1nc2ncccc2[nH]1)C(=O)N1CCCCCC1. The molecule has 0 bridgehead atoms. The molecule has 1 amide bonds. The van der Waals surface area contributed by atoms with Gasteiger partial charge in [-0.1, -0.05) is 31.5 Å². The number of H-pyrrole nitrogens is 1. The zero-order valence-corrected chi connectivity index (χ0v) is 13.7. The number of hydrogen-bond acceptors (Lipinski definition) is 4. The van der Waals surface area contributed by atoms with Gasteiger partial charge in [0.2, 0.25) is 5.91 Å². The van der Waals surface area contributed by atoms with Gasteiger partial charge in [-0.25, -0.2) is 9.97 Å². The molecule has 0 aromatic carbocycles. The largest absolute Gasteiger partial charge is 0.342 e. The Kier molecular flexibility index (Phi) is 4.97. The van der Waals surface area contributed by atoms with Gasteiger partial charge in [-0.2, -0.15) is 0 Å². The van der Waals surface area contributed by atoms with Crippen LogP contribution in [-0.2, 0) is 4.79 Å². The topological polar surface area (TPSA) is 61.9 Å². The molecule has 0 saturated carbocycles. The molecule has 1 fully saturated rings. The third-order valence-electron chi connectivity index (χ3n) is 4.05. The second-order valence-corrected chi connectivity index (χ2v) is 6.86. The number of amides is 1. The Hall–Kier alpha value is -1.56. The molecule has 3 rings (SSSR count). The number of carbonyl (C=O) groups excluding carboxylic acids is 1. The van der Waals surface area contributed by atoms with Crippen LogP contribution in [0.25, 0.3) is 11.2 Å². The lowest BCUT2D eigenvalue weighted by Crippen LogP contribution is -2.38. The maximum atomic E-state index is 12.7. The molecular formula is C16H22N4OS. The average molecular weight is 318 g/mol. The molecule has 0 aliphatic carbocycles. The van der Waals surface area contributed by atoms with Gasteiger partial charge in [-0.15, -0.1) is 0 Å². The monoisotopic (exact) mass is 318 g/mol. The van der Waals surface area contributed by atoms with Gasteiger partial charge in [0.05, 0.1) is 10.8 Å². The van der Waals surface area contributed by atoms with Crippen molar-refractivity contribution < 1.29 is 4.79 Å². The van der Waals surface area contributed by atoms with Crippen LogP contribution in [0.1, 0.15) is 39.0 Å². The Morgan fingerprint density at radius 1 is 1.36 bits per heavy atom. The van der Waals surface area contributed by atoms with E-state index in [4.69, 9.17) is 0 Å². The lowest BCUT2D eigenvalue weighted by Gasteiger charge is -2.24. The highest BCUT2D eigenvalue weighted by molar-refractivity contribution is 8.00. The minimum absolute atomic E-state index is 0.0707. The molecule has 3 heterocycles. The van der Waals surface area contributed by atoms with E-state index in [1.165, 1.54) is 24.6 Å². The molecule has 0 radical (unpaired) electrons. The minimum Gasteiger partial charge on any atom is -0.342 e. The second-order valence-electron chi connectivity index (χ2n) is 5.67. The van der Waals surface area contributed by atoms with Crippen molar-refractivity contribution in [1.82, 2.24) is 19.9 Å². The molecule has 1 aliphatic heterocycles. The number of fused-ring (bicyclic) bond motifs is 1. The lowest BCUT2D eigenvalue weighted by atomic mass is 10.2. The number of hydrogen-bond donors (Lipinski definition) is 1. The Labute approximate surface area is 134 Å². The molecule has 118 valence electrons. The first kappa shape index (κ1) is 15.3. The van der Waals surface area contributed by atoms with Gasteiger partial charge in [-0.05, 0) is 31.4 Å². The van der Waals surface area contributed by atoms with Crippen LogP contribution in [-0.4, -0.2) is 44.1 Å². The molecule has 2 aromatic rings. The van der Waals surface area contributed by atoms with Crippen molar-refractivity contribution in [2.75, 3.05) is 13.1 Å². The van der Waals surface area contributed by atoms with Crippen molar-refractivity contribution in [3.63, 3.8) is 0 Å². The van der Waals surface area contributed by atoms with E-state index in [-0.39, 0.29) is 11.2 Å². The van der Waals surface area contributed by atoms with E-state index in [2.05, 4.69) is 21.9 Å². The summed E-state index contributed by atoms with van der Waals surface area (Å²) in [5.74, 6) is 0.253. The normalized spacial score (nSPS) is 17.4. The van der Waals surface area contributed by atoms with Gasteiger partial charge < -0.3 is 9.88 Å². The molecule has 1 aliphatic rings. The Bertz CT molecular complexity index is 601. The fourth-order valence-electron chi connectivity index (χ4n) is 2.82. The van der Waals surface area contributed by atoms with Crippen LogP contribution in [0.2, 0.25) is 0 Å². The van der Waals surface area contributed by atoms with Gasteiger partial charge in [0, 0.05) is 19.3 Å². The van der Waals surface area contributed by atoms with E-state index in [0.29, 0.717) is 5.65 Å². The molecule has 0 spiro atoms.